The van der Waals surface area contributed by atoms with Crippen molar-refractivity contribution in [3.05, 3.63) is 121 Å². The Bertz CT molecular complexity index is 1080. The third-order valence-corrected chi connectivity index (χ3v) is 8.86. The molecule has 0 aliphatic carbocycles. The number of unbranched alkanes of at least 4 members (excludes halogenated alkanes) is 14. The number of ether oxygens (including phenoxy) is 2. The minimum atomic E-state index is -0.282. The Labute approximate surface area is 269 Å². The molecule has 0 spiro atoms. The molecule has 0 amide bonds. The lowest BCUT2D eigenvalue weighted by Crippen LogP contribution is -2.25. The van der Waals surface area contributed by atoms with Gasteiger partial charge in [0.25, 0.3) is 0 Å². The van der Waals surface area contributed by atoms with Crippen LogP contribution in [0.3, 0.4) is 0 Å². The molecule has 2 nitrogen and oxygen atoms in total. The molecule has 0 radical (unpaired) electrons. The predicted molar refractivity (Wildman–Crippen MR) is 190 cm³/mol. The summed E-state index contributed by atoms with van der Waals surface area (Å²) in [6.07, 6.45) is 24.2. The molecule has 0 saturated heterocycles. The van der Waals surface area contributed by atoms with Crippen LogP contribution in [-0.4, -0.2) is 13.2 Å². The quantitative estimate of drug-likeness (QED) is 0.0552. The van der Waals surface area contributed by atoms with Crippen LogP contribution < -0.4 is 9.47 Å². The largest absolute Gasteiger partial charge is 0.494 e. The summed E-state index contributed by atoms with van der Waals surface area (Å²) in [5, 5.41) is 0. The number of rotatable bonds is 25. The second-order valence-corrected chi connectivity index (χ2v) is 12.3. The molecular weight excluding hydrogens is 536 g/mol. The number of hydrogen-bond acceptors (Lipinski definition) is 2. The van der Waals surface area contributed by atoms with Gasteiger partial charge in [0, 0.05) is 5.41 Å². The average Bonchev–Trinajstić information content (AvgIpc) is 3.07. The number of benzene rings is 3. The first kappa shape index (κ1) is 35.2. The van der Waals surface area contributed by atoms with E-state index in [1.807, 2.05) is 12.2 Å². The van der Waals surface area contributed by atoms with E-state index in [4.69, 9.17) is 9.47 Å². The zero-order chi connectivity index (χ0) is 31.1. The first-order valence-corrected chi connectivity index (χ1v) is 17.4. The van der Waals surface area contributed by atoms with Crippen LogP contribution in [0.2, 0.25) is 0 Å². The van der Waals surface area contributed by atoms with Crippen LogP contribution in [0.25, 0.3) is 0 Å². The Morgan fingerprint density at radius 2 is 0.795 bits per heavy atom. The molecule has 3 aromatic carbocycles. The molecule has 0 bridgehead atoms. The highest BCUT2D eigenvalue weighted by Crippen LogP contribution is 2.40. The third-order valence-electron chi connectivity index (χ3n) is 8.86. The van der Waals surface area contributed by atoms with E-state index in [1.165, 1.54) is 93.7 Å². The van der Waals surface area contributed by atoms with Crippen molar-refractivity contribution in [2.45, 2.75) is 115 Å². The maximum absolute atomic E-state index is 6.12. The highest BCUT2D eigenvalue weighted by molar-refractivity contribution is 5.51. The van der Waals surface area contributed by atoms with Gasteiger partial charge >= 0.3 is 0 Å². The summed E-state index contributed by atoms with van der Waals surface area (Å²) in [6.45, 7) is 11.5. The molecule has 0 fully saturated rings. The second kappa shape index (κ2) is 21.4. The Balaban J connectivity index is 1.49. The lowest BCUT2D eigenvalue weighted by atomic mass is 9.71. The summed E-state index contributed by atoms with van der Waals surface area (Å²) in [4.78, 5) is 0. The molecule has 2 heteroatoms. The first-order chi connectivity index (χ1) is 21.7. The maximum atomic E-state index is 6.12. The van der Waals surface area contributed by atoms with Gasteiger partial charge in [0.1, 0.15) is 11.5 Å². The molecule has 0 N–H and O–H groups in total. The molecule has 44 heavy (non-hydrogen) atoms. The number of hydrogen-bond donors (Lipinski definition) is 0. The van der Waals surface area contributed by atoms with Gasteiger partial charge in [0.2, 0.25) is 0 Å². The zero-order valence-corrected chi connectivity index (χ0v) is 27.6. The monoisotopic (exact) mass is 594 g/mol. The first-order valence-electron chi connectivity index (χ1n) is 17.4. The predicted octanol–water partition coefficient (Wildman–Crippen LogP) is 12.4. The standard InChI is InChI=1S/C42H58O2/c1-4-6-8-10-12-14-16-18-23-35-43-40-31-27-38(28-32-40)42(3,37-25-21-20-22-26-37)39-29-33-41(34-30-39)44-36-24-19-17-15-13-11-9-7-5-2/h4-5,20-22,25-34H,1-2,6-19,23-24,35-36H2,3H3. The van der Waals surface area contributed by atoms with Crippen molar-refractivity contribution in [1.29, 1.82) is 0 Å². The van der Waals surface area contributed by atoms with E-state index in [0.717, 1.165) is 50.4 Å². The van der Waals surface area contributed by atoms with Crippen molar-refractivity contribution >= 4 is 0 Å². The fourth-order valence-electron chi connectivity index (χ4n) is 5.97. The van der Waals surface area contributed by atoms with Gasteiger partial charge in [-0.25, -0.2) is 0 Å². The SMILES string of the molecule is C=CCCCCCCCCCOc1ccc(C(C)(c2ccccc2)c2ccc(OCCCCCCCCCC=C)cc2)cc1. The van der Waals surface area contributed by atoms with Crippen LogP contribution >= 0.6 is 0 Å². The van der Waals surface area contributed by atoms with E-state index in [2.05, 4.69) is 98.9 Å². The van der Waals surface area contributed by atoms with Crippen LogP contribution in [0.1, 0.15) is 126 Å². The summed E-state index contributed by atoms with van der Waals surface area (Å²) in [5.41, 5.74) is 3.50. The van der Waals surface area contributed by atoms with Crippen LogP contribution in [0, 0.1) is 0 Å². The van der Waals surface area contributed by atoms with Crippen LogP contribution in [0.5, 0.6) is 11.5 Å². The summed E-state index contributed by atoms with van der Waals surface area (Å²) >= 11 is 0. The van der Waals surface area contributed by atoms with Gasteiger partial charge in [-0.2, -0.15) is 0 Å². The van der Waals surface area contributed by atoms with E-state index < -0.39 is 0 Å². The third kappa shape index (κ3) is 12.4. The normalized spacial score (nSPS) is 11.3. The second-order valence-electron chi connectivity index (χ2n) is 12.3. The average molecular weight is 595 g/mol. The summed E-state index contributed by atoms with van der Waals surface area (Å²) in [6, 6.07) is 28.3. The van der Waals surface area contributed by atoms with Crippen molar-refractivity contribution < 1.29 is 9.47 Å². The van der Waals surface area contributed by atoms with Gasteiger partial charge in [-0.15, -0.1) is 13.2 Å². The van der Waals surface area contributed by atoms with Crippen molar-refractivity contribution in [2.24, 2.45) is 0 Å². The summed E-state index contributed by atoms with van der Waals surface area (Å²) in [5.74, 6) is 1.90. The molecule has 0 saturated carbocycles. The highest BCUT2D eigenvalue weighted by Gasteiger charge is 2.31. The Kier molecular flexibility index (Phi) is 17.2. The highest BCUT2D eigenvalue weighted by atomic mass is 16.5. The molecule has 0 heterocycles. The van der Waals surface area contributed by atoms with Crippen molar-refractivity contribution in [2.75, 3.05) is 13.2 Å². The minimum absolute atomic E-state index is 0.282. The van der Waals surface area contributed by atoms with E-state index in [1.54, 1.807) is 0 Å². The Morgan fingerprint density at radius 3 is 1.18 bits per heavy atom. The van der Waals surface area contributed by atoms with Gasteiger partial charge in [-0.3, -0.25) is 0 Å². The van der Waals surface area contributed by atoms with Crippen LogP contribution in [-0.2, 0) is 5.41 Å². The molecule has 0 unspecified atom stereocenters. The molecule has 0 atom stereocenters. The fourth-order valence-corrected chi connectivity index (χ4v) is 5.97. The van der Waals surface area contributed by atoms with Gasteiger partial charge in [-0.05, 0) is 86.4 Å². The molecule has 0 aliphatic rings. The molecule has 0 aromatic heterocycles. The van der Waals surface area contributed by atoms with E-state index >= 15 is 0 Å². The summed E-state index contributed by atoms with van der Waals surface area (Å²) < 4.78 is 12.2. The topological polar surface area (TPSA) is 18.5 Å². The van der Waals surface area contributed by atoms with Crippen LogP contribution in [0.4, 0.5) is 0 Å². The van der Waals surface area contributed by atoms with Gasteiger partial charge in [0.15, 0.2) is 0 Å². The van der Waals surface area contributed by atoms with Crippen molar-refractivity contribution in [1.82, 2.24) is 0 Å². The fraction of sp³-hybridized carbons (Fsp3) is 0.476. The smallest absolute Gasteiger partial charge is 0.119 e. The maximum Gasteiger partial charge on any atom is 0.119 e. The van der Waals surface area contributed by atoms with E-state index in [-0.39, 0.29) is 5.41 Å². The lowest BCUT2D eigenvalue weighted by molar-refractivity contribution is 0.304. The lowest BCUT2D eigenvalue weighted by Gasteiger charge is -2.32. The van der Waals surface area contributed by atoms with Crippen molar-refractivity contribution in [3.63, 3.8) is 0 Å². The molecule has 3 aromatic rings. The molecule has 238 valence electrons. The Hall–Kier alpha value is -3.26. The van der Waals surface area contributed by atoms with E-state index in [0.29, 0.717) is 0 Å². The van der Waals surface area contributed by atoms with Crippen LogP contribution in [0.15, 0.2) is 104 Å². The number of allylic oxidation sites excluding steroid dienone is 2. The molecule has 0 aliphatic heterocycles. The Morgan fingerprint density at radius 1 is 0.455 bits per heavy atom. The van der Waals surface area contributed by atoms with Gasteiger partial charge < -0.3 is 9.47 Å². The van der Waals surface area contributed by atoms with E-state index in [9.17, 15) is 0 Å². The summed E-state index contributed by atoms with van der Waals surface area (Å²) in [7, 11) is 0. The van der Waals surface area contributed by atoms with Gasteiger partial charge in [-0.1, -0.05) is 131 Å². The minimum Gasteiger partial charge on any atom is -0.494 e. The van der Waals surface area contributed by atoms with Gasteiger partial charge in [0.05, 0.1) is 13.2 Å². The molecule has 3 rings (SSSR count). The van der Waals surface area contributed by atoms with Crippen molar-refractivity contribution in [3.8, 4) is 11.5 Å². The molecular formula is C42H58O2. The zero-order valence-electron chi connectivity index (χ0n) is 27.6.